The summed E-state index contributed by atoms with van der Waals surface area (Å²) in [5.41, 5.74) is 12.1. The molecule has 0 bridgehead atoms. The monoisotopic (exact) mass is 663 g/mol. The number of anilines is 3. The van der Waals surface area contributed by atoms with Crippen molar-refractivity contribution in [3.8, 4) is 33.4 Å². The van der Waals surface area contributed by atoms with E-state index in [0.717, 1.165) is 44.6 Å². The lowest BCUT2D eigenvalue weighted by Crippen LogP contribution is -2.11. The van der Waals surface area contributed by atoms with Crippen molar-refractivity contribution in [2.75, 3.05) is 4.90 Å². The van der Waals surface area contributed by atoms with Gasteiger partial charge in [-0.1, -0.05) is 152 Å². The number of fused-ring (bicyclic) bond motifs is 5. The number of rotatable bonds is 6. The Labute approximate surface area is 302 Å². The summed E-state index contributed by atoms with van der Waals surface area (Å²) in [7, 11) is 0. The van der Waals surface area contributed by atoms with Gasteiger partial charge in [0, 0.05) is 27.7 Å². The molecule has 2 heteroatoms. The predicted octanol–water partition coefficient (Wildman–Crippen LogP) is 14.4. The topological polar surface area (TPSA) is 16.4 Å². The molecule has 0 saturated heterocycles. The highest BCUT2D eigenvalue weighted by atomic mass is 16.3. The van der Waals surface area contributed by atoms with Crippen molar-refractivity contribution in [1.29, 1.82) is 0 Å². The maximum atomic E-state index is 6.51. The molecule has 0 N–H and O–H groups in total. The number of nitrogens with zero attached hydrogens (tertiary/aromatic N) is 1. The second-order valence-corrected chi connectivity index (χ2v) is 13.3. The summed E-state index contributed by atoms with van der Waals surface area (Å²) >= 11 is 0. The Balaban J connectivity index is 1.21. The Morgan fingerprint density at radius 3 is 1.69 bits per heavy atom. The van der Waals surface area contributed by atoms with E-state index in [4.69, 9.17) is 4.42 Å². The van der Waals surface area contributed by atoms with Crippen LogP contribution in [-0.2, 0) is 0 Å². The SMILES string of the molecule is c1ccc(-c2ccc(N(c3ccc(-c4ccc5ccccc5c4)cc3)c3ccc4oc5ccccc5c4c3-c3cccc4ccccc34)cc2)cc1. The smallest absolute Gasteiger partial charge is 0.136 e. The van der Waals surface area contributed by atoms with Crippen molar-refractivity contribution in [3.63, 3.8) is 0 Å². The van der Waals surface area contributed by atoms with Gasteiger partial charge in [0.2, 0.25) is 0 Å². The van der Waals surface area contributed by atoms with Gasteiger partial charge in [-0.25, -0.2) is 0 Å². The van der Waals surface area contributed by atoms with Crippen LogP contribution in [-0.4, -0.2) is 0 Å². The van der Waals surface area contributed by atoms with Crippen LogP contribution >= 0.6 is 0 Å². The van der Waals surface area contributed by atoms with Crippen molar-refractivity contribution >= 4 is 60.5 Å². The van der Waals surface area contributed by atoms with Gasteiger partial charge in [-0.3, -0.25) is 0 Å². The summed E-state index contributed by atoms with van der Waals surface area (Å²) in [4.78, 5) is 2.40. The van der Waals surface area contributed by atoms with Gasteiger partial charge >= 0.3 is 0 Å². The largest absolute Gasteiger partial charge is 0.456 e. The molecule has 9 aromatic carbocycles. The highest BCUT2D eigenvalue weighted by Gasteiger charge is 2.24. The third-order valence-electron chi connectivity index (χ3n) is 10.3. The van der Waals surface area contributed by atoms with Gasteiger partial charge in [0.25, 0.3) is 0 Å². The fraction of sp³-hybridized carbons (Fsp3) is 0. The van der Waals surface area contributed by atoms with E-state index >= 15 is 0 Å². The van der Waals surface area contributed by atoms with Gasteiger partial charge in [-0.2, -0.15) is 0 Å². The fourth-order valence-electron chi connectivity index (χ4n) is 7.74. The molecular formula is C50H33NO. The molecule has 0 aliphatic heterocycles. The average molecular weight is 664 g/mol. The lowest BCUT2D eigenvalue weighted by atomic mass is 9.92. The van der Waals surface area contributed by atoms with E-state index in [-0.39, 0.29) is 0 Å². The molecule has 0 unspecified atom stereocenters. The van der Waals surface area contributed by atoms with Crippen LogP contribution in [0.15, 0.2) is 205 Å². The van der Waals surface area contributed by atoms with Crippen LogP contribution in [0, 0.1) is 0 Å². The third-order valence-corrected chi connectivity index (χ3v) is 10.3. The second-order valence-electron chi connectivity index (χ2n) is 13.3. The number of hydrogen-bond donors (Lipinski definition) is 0. The molecule has 0 amide bonds. The first-order valence-electron chi connectivity index (χ1n) is 17.8. The molecule has 1 heterocycles. The summed E-state index contributed by atoms with van der Waals surface area (Å²) in [6, 6.07) is 71.7. The van der Waals surface area contributed by atoms with Gasteiger partial charge in [0.05, 0.1) is 5.69 Å². The lowest BCUT2D eigenvalue weighted by Gasteiger charge is -2.29. The molecule has 0 aliphatic carbocycles. The van der Waals surface area contributed by atoms with Crippen LogP contribution < -0.4 is 4.90 Å². The first kappa shape index (κ1) is 30.0. The Bertz CT molecular complexity index is 2880. The Morgan fingerprint density at radius 1 is 0.346 bits per heavy atom. The van der Waals surface area contributed by atoms with E-state index < -0.39 is 0 Å². The van der Waals surface area contributed by atoms with Crippen LogP contribution in [0.3, 0.4) is 0 Å². The molecule has 2 nitrogen and oxygen atoms in total. The van der Waals surface area contributed by atoms with E-state index in [0.29, 0.717) is 0 Å². The number of benzene rings is 9. The minimum Gasteiger partial charge on any atom is -0.456 e. The average Bonchev–Trinajstić information content (AvgIpc) is 3.60. The third kappa shape index (κ3) is 5.12. The van der Waals surface area contributed by atoms with Crippen LogP contribution in [0.2, 0.25) is 0 Å². The van der Waals surface area contributed by atoms with E-state index in [1.807, 2.05) is 6.07 Å². The molecule has 0 saturated carbocycles. The van der Waals surface area contributed by atoms with Gasteiger partial charge in [-0.15, -0.1) is 0 Å². The van der Waals surface area contributed by atoms with Gasteiger partial charge in [-0.05, 0) is 97.9 Å². The number of para-hydroxylation sites is 1. The van der Waals surface area contributed by atoms with Gasteiger partial charge < -0.3 is 9.32 Å². The zero-order valence-electron chi connectivity index (χ0n) is 28.4. The summed E-state index contributed by atoms with van der Waals surface area (Å²) in [5, 5.41) is 7.11. The van der Waals surface area contributed by atoms with Crippen molar-refractivity contribution < 1.29 is 4.42 Å². The van der Waals surface area contributed by atoms with Crippen LogP contribution in [0.25, 0.3) is 76.9 Å². The molecular weight excluding hydrogens is 631 g/mol. The molecule has 0 fully saturated rings. The van der Waals surface area contributed by atoms with Gasteiger partial charge in [0.15, 0.2) is 0 Å². The lowest BCUT2D eigenvalue weighted by molar-refractivity contribution is 0.669. The summed E-state index contributed by atoms with van der Waals surface area (Å²) in [6.45, 7) is 0. The molecule has 0 atom stereocenters. The van der Waals surface area contributed by atoms with Crippen molar-refractivity contribution in [2.24, 2.45) is 0 Å². The normalized spacial score (nSPS) is 11.5. The molecule has 52 heavy (non-hydrogen) atoms. The minimum atomic E-state index is 0.874. The van der Waals surface area contributed by atoms with E-state index in [1.54, 1.807) is 0 Å². The molecule has 1 aromatic heterocycles. The quantitative estimate of drug-likeness (QED) is 0.176. The van der Waals surface area contributed by atoms with Crippen molar-refractivity contribution in [1.82, 2.24) is 0 Å². The van der Waals surface area contributed by atoms with E-state index in [1.165, 1.54) is 49.4 Å². The molecule has 0 aliphatic rings. The maximum absolute atomic E-state index is 6.51. The zero-order chi connectivity index (χ0) is 34.4. The Morgan fingerprint density at radius 2 is 0.923 bits per heavy atom. The predicted molar refractivity (Wildman–Crippen MR) is 220 cm³/mol. The molecule has 10 aromatic rings. The summed E-state index contributed by atoms with van der Waals surface area (Å²) < 4.78 is 6.51. The Hall–Kier alpha value is -6.90. The Kier molecular flexibility index (Phi) is 7.18. The van der Waals surface area contributed by atoms with Gasteiger partial charge in [0.1, 0.15) is 11.2 Å². The zero-order valence-corrected chi connectivity index (χ0v) is 28.4. The van der Waals surface area contributed by atoms with E-state index in [2.05, 4.69) is 199 Å². The minimum absolute atomic E-state index is 0.874. The molecule has 244 valence electrons. The number of hydrogen-bond acceptors (Lipinski definition) is 2. The first-order valence-corrected chi connectivity index (χ1v) is 17.8. The van der Waals surface area contributed by atoms with Crippen LogP contribution in [0.1, 0.15) is 0 Å². The number of furan rings is 1. The second kappa shape index (κ2) is 12.5. The molecule has 0 spiro atoms. The van der Waals surface area contributed by atoms with Crippen LogP contribution in [0.4, 0.5) is 17.1 Å². The summed E-state index contributed by atoms with van der Waals surface area (Å²) in [6.07, 6.45) is 0. The standard InChI is InChI=1S/C50H33NO/c1-2-11-34(12-3-1)36-23-27-41(28-24-36)51(42-29-25-37(26-30-42)40-22-21-35-13-4-5-15-39(35)33-40)46-31-32-48-50(45-18-8-9-20-47(45)52-48)49(46)44-19-10-16-38-14-6-7-17-43(38)44/h1-33H. The van der Waals surface area contributed by atoms with Crippen molar-refractivity contribution in [3.05, 3.63) is 200 Å². The van der Waals surface area contributed by atoms with E-state index in [9.17, 15) is 0 Å². The molecule has 0 radical (unpaired) electrons. The fourth-order valence-corrected chi connectivity index (χ4v) is 7.74. The first-order chi connectivity index (χ1) is 25.8. The van der Waals surface area contributed by atoms with Crippen LogP contribution in [0.5, 0.6) is 0 Å². The molecule has 10 rings (SSSR count). The summed E-state index contributed by atoms with van der Waals surface area (Å²) in [5.74, 6) is 0. The van der Waals surface area contributed by atoms with Crippen molar-refractivity contribution in [2.45, 2.75) is 0 Å². The highest BCUT2D eigenvalue weighted by Crippen LogP contribution is 2.49. The highest BCUT2D eigenvalue weighted by molar-refractivity contribution is 6.19. The maximum Gasteiger partial charge on any atom is 0.136 e.